The number of para-hydroxylation sites is 1. The minimum Gasteiger partial charge on any atom is -0.457 e. The van der Waals surface area contributed by atoms with Crippen molar-refractivity contribution < 1.29 is 4.74 Å². The number of rotatable bonds is 4. The van der Waals surface area contributed by atoms with Gasteiger partial charge >= 0.3 is 0 Å². The van der Waals surface area contributed by atoms with Crippen LogP contribution in [0.5, 0.6) is 11.5 Å². The molecule has 0 radical (unpaired) electrons. The first-order valence-corrected chi connectivity index (χ1v) is 6.82. The van der Waals surface area contributed by atoms with Crippen molar-refractivity contribution in [2.24, 2.45) is 10.7 Å². The number of hydrogen-bond acceptors (Lipinski definition) is 5. The van der Waals surface area contributed by atoms with Gasteiger partial charge in [-0.3, -0.25) is 0 Å². The Bertz CT molecular complexity index is 822. The lowest BCUT2D eigenvalue weighted by molar-refractivity contribution is 0.482. The molecule has 0 bridgehead atoms. The van der Waals surface area contributed by atoms with E-state index in [1.54, 1.807) is 13.0 Å². The third-order valence-corrected chi connectivity index (χ3v) is 3.01. The van der Waals surface area contributed by atoms with Gasteiger partial charge in [-0.25, -0.2) is 4.99 Å². The quantitative estimate of drug-likeness (QED) is 0.690. The Morgan fingerprint density at radius 1 is 0.957 bits per heavy atom. The van der Waals surface area contributed by atoms with Gasteiger partial charge in [-0.1, -0.05) is 18.2 Å². The third kappa shape index (κ3) is 4.20. The number of allylic oxidation sites excluding steroid dienone is 2. The molecule has 112 valence electrons. The SMILES string of the molecule is CC(=N/C(C#N)=C(\N)C#N)c1ccc(Oc2ccccc2)cc1. The summed E-state index contributed by atoms with van der Waals surface area (Å²) in [7, 11) is 0. The fourth-order valence-corrected chi connectivity index (χ4v) is 1.82. The molecule has 0 aliphatic carbocycles. The van der Waals surface area contributed by atoms with Crippen molar-refractivity contribution in [2.75, 3.05) is 0 Å². The standard InChI is InChI=1S/C18H14N4O/c1-13(22-18(12-20)17(21)11-19)14-7-9-16(10-8-14)23-15-5-3-2-4-6-15/h2-10H,21H2,1H3/b18-17-,22-13?. The van der Waals surface area contributed by atoms with E-state index in [0.717, 1.165) is 11.3 Å². The molecule has 0 saturated heterocycles. The molecule has 0 aliphatic rings. The van der Waals surface area contributed by atoms with Crippen LogP contribution in [0.1, 0.15) is 12.5 Å². The first-order chi connectivity index (χ1) is 11.1. The van der Waals surface area contributed by atoms with E-state index in [1.165, 1.54) is 0 Å². The summed E-state index contributed by atoms with van der Waals surface area (Å²) in [6, 6.07) is 20.3. The maximum atomic E-state index is 8.97. The fourth-order valence-electron chi connectivity index (χ4n) is 1.82. The van der Waals surface area contributed by atoms with Crippen LogP contribution in [0.15, 0.2) is 71.0 Å². The summed E-state index contributed by atoms with van der Waals surface area (Å²) in [5, 5.41) is 17.7. The number of hydrogen-bond donors (Lipinski definition) is 1. The Balaban J connectivity index is 2.20. The lowest BCUT2D eigenvalue weighted by Crippen LogP contribution is -2.01. The average molecular weight is 302 g/mol. The molecule has 2 aromatic carbocycles. The fraction of sp³-hybridized carbons (Fsp3) is 0.0556. The Morgan fingerprint density at radius 3 is 2.13 bits per heavy atom. The van der Waals surface area contributed by atoms with Crippen molar-refractivity contribution in [1.29, 1.82) is 10.5 Å². The predicted octanol–water partition coefficient (Wildman–Crippen LogP) is 3.51. The van der Waals surface area contributed by atoms with Crippen molar-refractivity contribution in [3.05, 3.63) is 71.6 Å². The number of nitrogens with zero attached hydrogens (tertiary/aromatic N) is 3. The second-order valence-corrected chi connectivity index (χ2v) is 4.62. The molecule has 0 saturated carbocycles. The lowest BCUT2D eigenvalue weighted by atomic mass is 10.1. The van der Waals surface area contributed by atoms with Crippen molar-refractivity contribution in [1.82, 2.24) is 0 Å². The first-order valence-electron chi connectivity index (χ1n) is 6.82. The molecule has 2 rings (SSSR count). The third-order valence-electron chi connectivity index (χ3n) is 3.01. The highest BCUT2D eigenvalue weighted by atomic mass is 16.5. The van der Waals surface area contributed by atoms with Crippen LogP contribution >= 0.6 is 0 Å². The summed E-state index contributed by atoms with van der Waals surface area (Å²) in [4.78, 5) is 4.10. The van der Waals surface area contributed by atoms with Gasteiger partial charge in [0.15, 0.2) is 5.70 Å². The van der Waals surface area contributed by atoms with Gasteiger partial charge in [0, 0.05) is 5.71 Å². The molecular formula is C18H14N4O. The minimum absolute atomic E-state index is 0.0883. The van der Waals surface area contributed by atoms with Gasteiger partial charge in [0.25, 0.3) is 0 Å². The number of aliphatic imine (C=N–C) groups is 1. The topological polar surface area (TPSA) is 95.2 Å². The van der Waals surface area contributed by atoms with E-state index < -0.39 is 0 Å². The van der Waals surface area contributed by atoms with Gasteiger partial charge in [0.1, 0.15) is 29.3 Å². The molecule has 0 amide bonds. The highest BCUT2D eigenvalue weighted by molar-refractivity contribution is 5.99. The van der Waals surface area contributed by atoms with E-state index in [9.17, 15) is 0 Å². The van der Waals surface area contributed by atoms with Gasteiger partial charge in [-0.05, 0) is 48.9 Å². The molecule has 5 heteroatoms. The average Bonchev–Trinajstić information content (AvgIpc) is 2.60. The van der Waals surface area contributed by atoms with Gasteiger partial charge in [0.2, 0.25) is 0 Å². The number of benzene rings is 2. The molecule has 2 aromatic rings. The van der Waals surface area contributed by atoms with E-state index in [0.29, 0.717) is 11.5 Å². The monoisotopic (exact) mass is 302 g/mol. The zero-order valence-corrected chi connectivity index (χ0v) is 12.5. The van der Waals surface area contributed by atoms with Crippen LogP contribution in [0.4, 0.5) is 0 Å². The Hall–Kier alpha value is -3.57. The van der Waals surface area contributed by atoms with Crippen LogP contribution < -0.4 is 10.5 Å². The number of nitriles is 2. The van der Waals surface area contributed by atoms with Crippen LogP contribution in [0.2, 0.25) is 0 Å². The van der Waals surface area contributed by atoms with Crippen molar-refractivity contribution >= 4 is 5.71 Å². The first kappa shape index (κ1) is 15.8. The molecule has 2 N–H and O–H groups in total. The summed E-state index contributed by atoms with van der Waals surface area (Å²) in [5.41, 5.74) is 6.54. The van der Waals surface area contributed by atoms with Crippen LogP contribution in [-0.2, 0) is 0 Å². The normalized spacial score (nSPS) is 11.9. The van der Waals surface area contributed by atoms with E-state index in [4.69, 9.17) is 21.0 Å². The number of nitrogens with two attached hydrogens (primary N) is 1. The second-order valence-electron chi connectivity index (χ2n) is 4.62. The minimum atomic E-state index is -0.198. The summed E-state index contributed by atoms with van der Waals surface area (Å²) < 4.78 is 5.71. The Morgan fingerprint density at radius 2 is 1.57 bits per heavy atom. The van der Waals surface area contributed by atoms with E-state index in [-0.39, 0.29) is 11.4 Å². The van der Waals surface area contributed by atoms with Gasteiger partial charge < -0.3 is 10.5 Å². The van der Waals surface area contributed by atoms with E-state index in [2.05, 4.69) is 4.99 Å². The van der Waals surface area contributed by atoms with Gasteiger partial charge in [-0.2, -0.15) is 10.5 Å². The molecule has 0 fully saturated rings. The zero-order chi connectivity index (χ0) is 16.7. The molecule has 0 atom stereocenters. The largest absolute Gasteiger partial charge is 0.457 e. The highest BCUT2D eigenvalue weighted by Crippen LogP contribution is 2.21. The molecule has 0 aromatic heterocycles. The molecule has 5 nitrogen and oxygen atoms in total. The van der Waals surface area contributed by atoms with Crippen LogP contribution in [0, 0.1) is 22.7 Å². The van der Waals surface area contributed by atoms with Crippen LogP contribution in [0.3, 0.4) is 0 Å². The number of ether oxygens (including phenoxy) is 1. The molecule has 0 spiro atoms. The maximum Gasteiger partial charge on any atom is 0.174 e. The molecule has 0 heterocycles. The molecule has 23 heavy (non-hydrogen) atoms. The summed E-state index contributed by atoms with van der Waals surface area (Å²) in [6.07, 6.45) is 0. The van der Waals surface area contributed by atoms with Crippen molar-refractivity contribution in [2.45, 2.75) is 6.92 Å². The summed E-state index contributed by atoms with van der Waals surface area (Å²) in [6.45, 7) is 1.75. The van der Waals surface area contributed by atoms with Crippen LogP contribution in [-0.4, -0.2) is 5.71 Å². The van der Waals surface area contributed by atoms with Gasteiger partial charge in [-0.15, -0.1) is 0 Å². The predicted molar refractivity (Wildman–Crippen MR) is 87.6 cm³/mol. The maximum absolute atomic E-state index is 8.97. The van der Waals surface area contributed by atoms with Crippen molar-refractivity contribution in [3.8, 4) is 23.6 Å². The van der Waals surface area contributed by atoms with Gasteiger partial charge in [0.05, 0.1) is 0 Å². The highest BCUT2D eigenvalue weighted by Gasteiger charge is 2.04. The van der Waals surface area contributed by atoms with Crippen LogP contribution in [0.25, 0.3) is 0 Å². The molecular weight excluding hydrogens is 288 g/mol. The smallest absolute Gasteiger partial charge is 0.174 e. The molecule has 0 aliphatic heterocycles. The zero-order valence-electron chi connectivity index (χ0n) is 12.5. The Labute approximate surface area is 134 Å². The van der Waals surface area contributed by atoms with E-state index >= 15 is 0 Å². The van der Waals surface area contributed by atoms with E-state index in [1.807, 2.05) is 60.7 Å². The second kappa shape index (κ2) is 7.44. The summed E-state index contributed by atoms with van der Waals surface area (Å²) in [5.74, 6) is 1.45. The Kier molecular flexibility index (Phi) is 5.12. The lowest BCUT2D eigenvalue weighted by Gasteiger charge is -2.06. The molecule has 0 unspecified atom stereocenters. The summed E-state index contributed by atoms with van der Waals surface area (Å²) >= 11 is 0. The van der Waals surface area contributed by atoms with Crippen molar-refractivity contribution in [3.63, 3.8) is 0 Å².